The van der Waals surface area contributed by atoms with Gasteiger partial charge >= 0.3 is 0 Å². The minimum atomic E-state index is -0.696. The number of nitrogens with zero attached hydrogens (tertiary/aromatic N) is 4. The van der Waals surface area contributed by atoms with Gasteiger partial charge < -0.3 is 19.5 Å². The quantitative estimate of drug-likeness (QED) is 0.143. The summed E-state index contributed by atoms with van der Waals surface area (Å²) in [7, 11) is 1.45. The van der Waals surface area contributed by atoms with E-state index in [4.69, 9.17) is 4.74 Å². The number of hydrogen-bond donors (Lipinski definition) is 2. The summed E-state index contributed by atoms with van der Waals surface area (Å²) in [5.74, 6) is -1.42. The number of ketones is 1. The maximum Gasteiger partial charge on any atom is 0.295 e. The SMILES string of the molecule is COc1cnc(-c2ncc(C(=O)NI)s2)c2[nH]cc(C(=O)C(=O)N3CCN(C(=O)c4ccccc4)CC3)c12. The van der Waals surface area contributed by atoms with Crippen LogP contribution in [0, 0.1) is 0 Å². The number of Topliss-reactive ketones (excluding diaryl/α,β-unsaturated/α-hetero) is 1. The second kappa shape index (κ2) is 10.9. The lowest BCUT2D eigenvalue weighted by molar-refractivity contribution is -0.127. The fourth-order valence-corrected chi connectivity index (χ4v) is 5.57. The average Bonchev–Trinajstić information content (AvgIpc) is 3.64. The van der Waals surface area contributed by atoms with Gasteiger partial charge in [0.15, 0.2) is 0 Å². The first-order valence-corrected chi connectivity index (χ1v) is 13.4. The third-order valence-corrected chi connectivity index (χ3v) is 7.72. The summed E-state index contributed by atoms with van der Waals surface area (Å²) in [4.78, 5) is 66.6. The van der Waals surface area contributed by atoms with Crippen molar-refractivity contribution in [2.75, 3.05) is 33.3 Å². The molecule has 0 bridgehead atoms. The smallest absolute Gasteiger partial charge is 0.295 e. The minimum Gasteiger partial charge on any atom is -0.494 e. The second-order valence-corrected chi connectivity index (χ2v) is 9.93. The molecular formula is C25H21IN6O5S. The second-order valence-electron chi connectivity index (χ2n) is 8.36. The number of thiazole rings is 1. The first-order chi connectivity index (χ1) is 18.4. The molecule has 1 fully saturated rings. The Labute approximate surface area is 234 Å². The predicted molar refractivity (Wildman–Crippen MR) is 148 cm³/mol. The summed E-state index contributed by atoms with van der Waals surface area (Å²) in [6.07, 6.45) is 4.37. The van der Waals surface area contributed by atoms with E-state index in [1.54, 1.807) is 52.0 Å². The van der Waals surface area contributed by atoms with Crippen LogP contribution in [0.2, 0.25) is 0 Å². The number of amides is 3. The number of carbonyl (C=O) groups excluding carboxylic acids is 4. The Kier molecular flexibility index (Phi) is 7.37. The maximum absolute atomic E-state index is 13.4. The number of ether oxygens (including phenoxy) is 1. The van der Waals surface area contributed by atoms with Crippen molar-refractivity contribution in [3.63, 3.8) is 0 Å². The Morgan fingerprint density at radius 1 is 1.03 bits per heavy atom. The Morgan fingerprint density at radius 2 is 1.74 bits per heavy atom. The lowest BCUT2D eigenvalue weighted by Crippen LogP contribution is -2.52. The van der Waals surface area contributed by atoms with Crippen LogP contribution in [0.3, 0.4) is 0 Å². The molecule has 1 aliphatic heterocycles. The van der Waals surface area contributed by atoms with E-state index in [-0.39, 0.29) is 30.5 Å². The molecule has 0 saturated carbocycles. The molecule has 1 aromatic carbocycles. The van der Waals surface area contributed by atoms with Crippen LogP contribution in [0.1, 0.15) is 30.4 Å². The largest absolute Gasteiger partial charge is 0.494 e. The van der Waals surface area contributed by atoms with E-state index in [1.807, 2.05) is 6.07 Å². The Hall–Kier alpha value is -3.85. The monoisotopic (exact) mass is 644 g/mol. The molecule has 1 saturated heterocycles. The number of aromatic nitrogens is 3. The van der Waals surface area contributed by atoms with Gasteiger partial charge in [0.05, 0.1) is 58.8 Å². The van der Waals surface area contributed by atoms with Crippen LogP contribution >= 0.6 is 34.2 Å². The van der Waals surface area contributed by atoms with Gasteiger partial charge in [0.1, 0.15) is 21.3 Å². The number of benzene rings is 1. The highest BCUT2D eigenvalue weighted by molar-refractivity contribution is 14.1. The van der Waals surface area contributed by atoms with E-state index in [0.29, 0.717) is 50.9 Å². The third-order valence-electron chi connectivity index (χ3n) is 6.23. The molecule has 38 heavy (non-hydrogen) atoms. The van der Waals surface area contributed by atoms with Crippen molar-refractivity contribution < 1.29 is 23.9 Å². The fourth-order valence-electron chi connectivity index (χ4n) is 4.28. The zero-order valence-electron chi connectivity index (χ0n) is 20.1. The van der Waals surface area contributed by atoms with Crippen molar-refractivity contribution in [3.05, 3.63) is 64.9 Å². The third kappa shape index (κ3) is 4.74. The maximum atomic E-state index is 13.4. The number of piperazine rings is 1. The van der Waals surface area contributed by atoms with E-state index in [1.165, 1.54) is 30.6 Å². The van der Waals surface area contributed by atoms with Crippen LogP contribution in [0.25, 0.3) is 21.6 Å². The lowest BCUT2D eigenvalue weighted by Gasteiger charge is -2.34. The Bertz CT molecular complexity index is 1540. The highest BCUT2D eigenvalue weighted by atomic mass is 127. The summed E-state index contributed by atoms with van der Waals surface area (Å²) >= 11 is 2.91. The number of aromatic amines is 1. The van der Waals surface area contributed by atoms with Crippen LogP contribution < -0.4 is 8.27 Å². The number of halogens is 1. The van der Waals surface area contributed by atoms with E-state index in [0.717, 1.165) is 11.3 Å². The number of pyridine rings is 1. The zero-order chi connectivity index (χ0) is 26.8. The molecule has 0 aliphatic carbocycles. The van der Waals surface area contributed by atoms with Gasteiger partial charge in [0, 0.05) is 37.9 Å². The van der Waals surface area contributed by atoms with Gasteiger partial charge in [-0.05, 0) is 12.1 Å². The van der Waals surface area contributed by atoms with Crippen LogP contribution in [0.4, 0.5) is 0 Å². The van der Waals surface area contributed by atoms with Gasteiger partial charge in [-0.15, -0.1) is 11.3 Å². The Balaban J connectivity index is 1.37. The molecule has 1 aliphatic rings. The van der Waals surface area contributed by atoms with Crippen LogP contribution in [-0.4, -0.2) is 81.5 Å². The molecule has 11 nitrogen and oxygen atoms in total. The van der Waals surface area contributed by atoms with Gasteiger partial charge in [-0.25, -0.2) is 9.97 Å². The topological polar surface area (TPSA) is 138 Å². The van der Waals surface area contributed by atoms with Crippen molar-refractivity contribution in [2.45, 2.75) is 0 Å². The van der Waals surface area contributed by atoms with Crippen LogP contribution in [0.5, 0.6) is 5.75 Å². The number of fused-ring (bicyclic) bond motifs is 1. The van der Waals surface area contributed by atoms with Crippen LogP contribution in [-0.2, 0) is 4.79 Å². The first kappa shape index (κ1) is 25.8. The number of methoxy groups -OCH3 is 1. The summed E-state index contributed by atoms with van der Waals surface area (Å²) in [6, 6.07) is 8.95. The molecule has 4 heterocycles. The van der Waals surface area contributed by atoms with E-state index in [2.05, 4.69) is 18.5 Å². The molecule has 2 N–H and O–H groups in total. The van der Waals surface area contributed by atoms with Gasteiger partial charge in [-0.1, -0.05) is 18.2 Å². The molecule has 4 aromatic rings. The normalized spacial score (nSPS) is 13.4. The molecule has 0 atom stereocenters. The van der Waals surface area contributed by atoms with Gasteiger partial charge in [-0.2, -0.15) is 0 Å². The van der Waals surface area contributed by atoms with Crippen molar-refractivity contribution >= 4 is 68.6 Å². The highest BCUT2D eigenvalue weighted by Crippen LogP contribution is 2.36. The summed E-state index contributed by atoms with van der Waals surface area (Å²) < 4.78 is 7.98. The van der Waals surface area contributed by atoms with Gasteiger partial charge in [0.2, 0.25) is 0 Å². The van der Waals surface area contributed by atoms with Gasteiger partial charge in [-0.3, -0.25) is 22.7 Å². The Morgan fingerprint density at radius 3 is 2.42 bits per heavy atom. The van der Waals surface area contributed by atoms with E-state index >= 15 is 0 Å². The van der Waals surface area contributed by atoms with E-state index < -0.39 is 11.7 Å². The molecule has 3 amide bonds. The standard InChI is InChI=1S/C25H21IN6O5S/c1-37-16-12-28-20(23-29-13-17(38-23)22(34)30-26)19-18(16)15(11-27-19)21(33)25(36)32-9-7-31(8-10-32)24(35)14-5-3-2-4-6-14/h2-6,11-13,27H,7-10H2,1H3,(H,30,34). The molecule has 194 valence electrons. The highest BCUT2D eigenvalue weighted by Gasteiger charge is 2.31. The molecule has 0 radical (unpaired) electrons. The molecule has 0 unspecified atom stereocenters. The number of hydrogen-bond acceptors (Lipinski definition) is 8. The molecular weight excluding hydrogens is 623 g/mol. The number of H-pyrrole nitrogens is 1. The van der Waals surface area contributed by atoms with Crippen molar-refractivity contribution in [1.29, 1.82) is 0 Å². The lowest BCUT2D eigenvalue weighted by atomic mass is 10.1. The zero-order valence-corrected chi connectivity index (χ0v) is 23.0. The van der Waals surface area contributed by atoms with Crippen molar-refractivity contribution in [1.82, 2.24) is 28.3 Å². The predicted octanol–water partition coefficient (Wildman–Crippen LogP) is 2.94. The molecule has 3 aromatic heterocycles. The van der Waals surface area contributed by atoms with Gasteiger partial charge in [0.25, 0.3) is 23.5 Å². The summed E-state index contributed by atoms with van der Waals surface area (Å²) in [5, 5.41) is 0.878. The first-order valence-electron chi connectivity index (χ1n) is 11.5. The molecule has 13 heteroatoms. The van der Waals surface area contributed by atoms with Crippen molar-refractivity contribution in [3.8, 4) is 16.5 Å². The number of rotatable bonds is 6. The van der Waals surface area contributed by atoms with Crippen LogP contribution in [0.15, 0.2) is 48.9 Å². The summed E-state index contributed by atoms with van der Waals surface area (Å²) in [6.45, 7) is 1.15. The minimum absolute atomic E-state index is 0.105. The summed E-state index contributed by atoms with van der Waals surface area (Å²) in [5.41, 5.74) is 1.63. The fraction of sp³-hybridized carbons (Fsp3) is 0.200. The van der Waals surface area contributed by atoms with Crippen molar-refractivity contribution in [2.24, 2.45) is 0 Å². The van der Waals surface area contributed by atoms with E-state index in [9.17, 15) is 19.2 Å². The number of nitrogens with one attached hydrogen (secondary N) is 2. The molecule has 5 rings (SSSR count). The number of carbonyl (C=O) groups is 4. The molecule has 0 spiro atoms. The average molecular weight is 644 g/mol.